The number of primary amides is 1. The Balaban J connectivity index is 1.75. The van der Waals surface area contributed by atoms with Gasteiger partial charge in [-0.2, -0.15) is 0 Å². The Hall–Kier alpha value is -2.61. The van der Waals surface area contributed by atoms with E-state index in [0.29, 0.717) is 31.1 Å². The highest BCUT2D eigenvalue weighted by molar-refractivity contribution is 7.99. The van der Waals surface area contributed by atoms with Crippen LogP contribution in [-0.2, 0) is 16.0 Å². The summed E-state index contributed by atoms with van der Waals surface area (Å²) in [5.74, 6) is 0.484. The first kappa shape index (κ1) is 21.7. The first-order valence-corrected chi connectivity index (χ1v) is 10.0. The number of amides is 2. The number of benzene rings is 1. The molecule has 1 aromatic carbocycles. The van der Waals surface area contributed by atoms with E-state index in [1.165, 1.54) is 17.3 Å². The number of hydrogen-bond donors (Lipinski definition) is 2. The maximum atomic E-state index is 12.1. The smallest absolute Gasteiger partial charge is 0.227 e. The average Bonchev–Trinajstić information content (AvgIpc) is 2.64. The van der Waals surface area contributed by atoms with Gasteiger partial charge in [0.25, 0.3) is 0 Å². The summed E-state index contributed by atoms with van der Waals surface area (Å²) in [7, 11) is 0. The quantitative estimate of drug-likeness (QED) is 0.358. The van der Waals surface area contributed by atoms with Gasteiger partial charge in [0.2, 0.25) is 11.8 Å². The van der Waals surface area contributed by atoms with Crippen LogP contribution in [0.4, 0.5) is 0 Å². The van der Waals surface area contributed by atoms with E-state index in [1.807, 2.05) is 45.0 Å². The summed E-state index contributed by atoms with van der Waals surface area (Å²) < 4.78 is 5.60. The molecule has 1 aromatic heterocycles. The minimum absolute atomic E-state index is 0.0431. The number of hydrogen-bond acceptors (Lipinski definition) is 6. The topological polar surface area (TPSA) is 107 Å². The molecule has 2 amide bonds. The normalized spacial score (nSPS) is 10.5. The van der Waals surface area contributed by atoms with Gasteiger partial charge in [0.1, 0.15) is 12.4 Å². The Bertz CT molecular complexity index is 802. The lowest BCUT2D eigenvalue weighted by molar-refractivity contribution is -0.121. The molecule has 2 aromatic rings. The third-order valence-corrected chi connectivity index (χ3v) is 4.93. The summed E-state index contributed by atoms with van der Waals surface area (Å²) in [5, 5.41) is 3.38. The van der Waals surface area contributed by atoms with E-state index >= 15 is 0 Å². The van der Waals surface area contributed by atoms with E-state index in [1.54, 1.807) is 0 Å². The second-order valence-corrected chi connectivity index (χ2v) is 7.36. The van der Waals surface area contributed by atoms with Crippen molar-refractivity contribution in [3.63, 3.8) is 0 Å². The van der Waals surface area contributed by atoms with Crippen molar-refractivity contribution >= 4 is 23.6 Å². The lowest BCUT2D eigenvalue weighted by Gasteiger charge is -2.11. The Morgan fingerprint density at radius 3 is 2.36 bits per heavy atom. The van der Waals surface area contributed by atoms with Crippen molar-refractivity contribution < 1.29 is 14.3 Å². The average molecular weight is 403 g/mol. The predicted octanol–water partition coefficient (Wildman–Crippen LogP) is 2.11. The molecule has 3 N–H and O–H groups in total. The second kappa shape index (κ2) is 10.7. The van der Waals surface area contributed by atoms with Crippen LogP contribution in [0.2, 0.25) is 0 Å². The van der Waals surface area contributed by atoms with E-state index in [4.69, 9.17) is 10.5 Å². The molecule has 1 heterocycles. The number of nitrogens with zero attached hydrogens (tertiary/aromatic N) is 2. The Kier molecular flexibility index (Phi) is 8.25. The van der Waals surface area contributed by atoms with E-state index in [9.17, 15) is 9.59 Å². The summed E-state index contributed by atoms with van der Waals surface area (Å²) in [6.07, 6.45) is 0.909. The molecule has 8 heteroatoms. The highest BCUT2D eigenvalue weighted by atomic mass is 32.2. The zero-order chi connectivity index (χ0) is 20.5. The van der Waals surface area contributed by atoms with Crippen LogP contribution in [0.3, 0.4) is 0 Å². The molecule has 28 heavy (non-hydrogen) atoms. The van der Waals surface area contributed by atoms with Gasteiger partial charge in [0, 0.05) is 17.8 Å². The van der Waals surface area contributed by atoms with E-state index in [2.05, 4.69) is 15.3 Å². The van der Waals surface area contributed by atoms with Crippen molar-refractivity contribution in [1.29, 1.82) is 0 Å². The van der Waals surface area contributed by atoms with Crippen molar-refractivity contribution in [2.24, 2.45) is 5.73 Å². The van der Waals surface area contributed by atoms with Crippen LogP contribution in [0.15, 0.2) is 29.4 Å². The number of rotatable bonds is 10. The van der Waals surface area contributed by atoms with Crippen LogP contribution in [0.1, 0.15) is 28.9 Å². The van der Waals surface area contributed by atoms with Gasteiger partial charge < -0.3 is 15.8 Å². The molecule has 0 atom stereocenters. The number of carbonyl (C=O) groups is 2. The number of aryl methyl sites for hydroxylation is 3. The number of nitrogens with two attached hydrogens (primary N) is 1. The molecule has 0 aliphatic heterocycles. The van der Waals surface area contributed by atoms with Gasteiger partial charge in [-0.05, 0) is 44.9 Å². The second-order valence-electron chi connectivity index (χ2n) is 6.42. The van der Waals surface area contributed by atoms with E-state index in [0.717, 1.165) is 22.7 Å². The zero-order valence-electron chi connectivity index (χ0n) is 16.4. The Morgan fingerprint density at radius 2 is 1.75 bits per heavy atom. The Labute approximate surface area is 169 Å². The molecule has 7 nitrogen and oxygen atoms in total. The van der Waals surface area contributed by atoms with Crippen molar-refractivity contribution in [3.05, 3.63) is 46.8 Å². The minimum atomic E-state index is -0.406. The molecule has 0 aliphatic carbocycles. The van der Waals surface area contributed by atoms with Gasteiger partial charge in [0.15, 0.2) is 5.16 Å². The number of aromatic nitrogens is 2. The number of nitrogens with one attached hydrogen (secondary N) is 1. The summed E-state index contributed by atoms with van der Waals surface area (Å²) in [4.78, 5) is 31.7. The summed E-state index contributed by atoms with van der Waals surface area (Å²) in [6, 6.07) is 7.79. The highest BCUT2D eigenvalue weighted by Gasteiger charge is 2.11. The van der Waals surface area contributed by atoms with E-state index < -0.39 is 5.91 Å². The third-order valence-electron chi connectivity index (χ3n) is 4.06. The zero-order valence-corrected chi connectivity index (χ0v) is 17.3. The van der Waals surface area contributed by atoms with Crippen LogP contribution in [0, 0.1) is 20.8 Å². The minimum Gasteiger partial charge on any atom is -0.492 e. The summed E-state index contributed by atoms with van der Waals surface area (Å²) in [6.45, 7) is 6.65. The van der Waals surface area contributed by atoms with Gasteiger partial charge in [0.05, 0.1) is 12.3 Å². The van der Waals surface area contributed by atoms with E-state index in [-0.39, 0.29) is 11.7 Å². The summed E-state index contributed by atoms with van der Waals surface area (Å²) in [5.41, 5.74) is 8.91. The monoisotopic (exact) mass is 402 g/mol. The molecule has 0 unspecified atom stereocenters. The molecule has 2 rings (SSSR count). The van der Waals surface area contributed by atoms with Gasteiger partial charge in [-0.15, -0.1) is 0 Å². The fourth-order valence-electron chi connectivity index (χ4n) is 2.59. The lowest BCUT2D eigenvalue weighted by atomic mass is 10.1. The van der Waals surface area contributed by atoms with Crippen LogP contribution in [0.5, 0.6) is 5.75 Å². The van der Waals surface area contributed by atoms with Crippen LogP contribution in [-0.4, -0.2) is 40.7 Å². The number of ether oxygens (including phenoxy) is 1. The summed E-state index contributed by atoms with van der Waals surface area (Å²) >= 11 is 1.21. The fourth-order valence-corrected chi connectivity index (χ4v) is 3.27. The molecule has 150 valence electrons. The first-order valence-electron chi connectivity index (χ1n) is 9.06. The molecular formula is C20H26N4O3S. The molecule has 0 saturated heterocycles. The van der Waals surface area contributed by atoms with Crippen molar-refractivity contribution in [2.45, 2.75) is 38.8 Å². The van der Waals surface area contributed by atoms with Crippen molar-refractivity contribution in [3.8, 4) is 5.75 Å². The molecule has 0 radical (unpaired) electrons. The predicted molar refractivity (Wildman–Crippen MR) is 109 cm³/mol. The molecule has 0 bridgehead atoms. The van der Waals surface area contributed by atoms with Gasteiger partial charge in [-0.3, -0.25) is 9.59 Å². The van der Waals surface area contributed by atoms with Crippen molar-refractivity contribution in [2.75, 3.05) is 18.9 Å². The van der Waals surface area contributed by atoms with Gasteiger partial charge in [-0.25, -0.2) is 9.97 Å². The Morgan fingerprint density at radius 1 is 1.11 bits per heavy atom. The molecular weight excluding hydrogens is 376 g/mol. The third kappa shape index (κ3) is 7.19. The van der Waals surface area contributed by atoms with Gasteiger partial charge >= 0.3 is 0 Å². The maximum absolute atomic E-state index is 12.1. The molecule has 0 fully saturated rings. The maximum Gasteiger partial charge on any atom is 0.227 e. The van der Waals surface area contributed by atoms with Gasteiger partial charge in [-0.1, -0.05) is 29.5 Å². The number of thioether (sulfide) groups is 1. The van der Waals surface area contributed by atoms with Crippen molar-refractivity contribution in [1.82, 2.24) is 15.3 Å². The molecule has 0 spiro atoms. The SMILES string of the molecule is Cc1ccc(OCCNC(=O)CCc2c(C)nc(SCC(N)=O)nc2C)cc1. The van der Waals surface area contributed by atoms with Crippen LogP contribution >= 0.6 is 11.8 Å². The first-order chi connectivity index (χ1) is 13.3. The fraction of sp³-hybridized carbons (Fsp3) is 0.400. The molecule has 0 saturated carbocycles. The van der Waals surface area contributed by atoms with Crippen LogP contribution < -0.4 is 15.8 Å². The van der Waals surface area contributed by atoms with Crippen LogP contribution in [0.25, 0.3) is 0 Å². The number of carbonyl (C=O) groups excluding carboxylic acids is 2. The highest BCUT2D eigenvalue weighted by Crippen LogP contribution is 2.18. The standard InChI is InChI=1S/C20H26N4O3S/c1-13-4-6-16(7-5-13)27-11-10-22-19(26)9-8-17-14(2)23-20(24-15(17)3)28-12-18(21)25/h4-7H,8-12H2,1-3H3,(H2,21,25)(H,22,26). The molecule has 0 aliphatic rings. The largest absolute Gasteiger partial charge is 0.492 e. The lowest BCUT2D eigenvalue weighted by Crippen LogP contribution is -2.28.